The third-order valence-corrected chi connectivity index (χ3v) is 3.03. The molecular formula is C14H28N2O2Y2-4. The van der Waals surface area contributed by atoms with Crippen LogP contribution >= 0.6 is 0 Å². The minimum Gasteiger partial charge on any atom is -0.555 e. The summed E-state index contributed by atoms with van der Waals surface area (Å²) in [6, 6.07) is 0. The molecule has 116 valence electrons. The molecule has 2 aliphatic heterocycles. The maximum atomic E-state index is 10.5. The first-order chi connectivity index (χ1) is 7.52. The predicted molar refractivity (Wildman–Crippen MR) is 76.2 cm³/mol. The Morgan fingerprint density at radius 1 is 1.20 bits per heavy atom. The molecule has 0 atom stereocenters. The fraction of sp³-hybridized carbons (Fsp3) is 0.643. The van der Waals surface area contributed by atoms with Crippen LogP contribution in [0, 0.1) is 40.8 Å². The standard InChI is InChI=1S/C6H12NO.C6H10NO.2CH3.2Y/c1-7-3-6(4-7)5-8-2;1-5(8)6-3-7(2)4-6;;;;/h6H,2-5H2,1H3;6H,2-4H2,1H3;2*1H3;;/q4*-1;;. The number of ether oxygens (including phenoxy) is 1. The maximum Gasteiger partial charge on any atom is 0.135 e. The van der Waals surface area contributed by atoms with Gasteiger partial charge >= 0.3 is 0 Å². The molecule has 4 nitrogen and oxygen atoms in total. The fourth-order valence-corrected chi connectivity index (χ4v) is 1.93. The molecule has 2 rings (SSSR count). The van der Waals surface area contributed by atoms with Gasteiger partial charge in [-0.1, -0.05) is 0 Å². The third-order valence-electron chi connectivity index (χ3n) is 3.03. The van der Waals surface area contributed by atoms with Gasteiger partial charge in [-0.2, -0.15) is 0 Å². The summed E-state index contributed by atoms with van der Waals surface area (Å²) in [5.41, 5.74) is 0. The molecule has 2 saturated heterocycles. The van der Waals surface area contributed by atoms with Gasteiger partial charge in [-0.05, 0) is 27.1 Å². The van der Waals surface area contributed by atoms with Gasteiger partial charge in [0.2, 0.25) is 0 Å². The number of rotatable bonds is 3. The van der Waals surface area contributed by atoms with Crippen molar-refractivity contribution >= 4 is 5.78 Å². The van der Waals surface area contributed by atoms with Crippen LogP contribution in [-0.2, 0) is 74.9 Å². The second kappa shape index (κ2) is 15.6. The van der Waals surface area contributed by atoms with Crippen molar-refractivity contribution in [1.82, 2.24) is 9.80 Å². The Bertz CT molecular complexity index is 228. The molecule has 0 amide bonds. The number of carbonyl (C=O) groups is 1. The Morgan fingerprint density at radius 3 is 1.85 bits per heavy atom. The molecule has 0 unspecified atom stereocenters. The van der Waals surface area contributed by atoms with E-state index in [4.69, 9.17) is 4.74 Å². The molecule has 6 heteroatoms. The molecular weight excluding hydrogens is 406 g/mol. The molecule has 0 aromatic carbocycles. The number of carbonyl (C=O) groups excluding carboxylic acids is 1. The summed E-state index contributed by atoms with van der Waals surface area (Å²) in [6.45, 7) is 6.53. The number of ketones is 1. The second-order valence-corrected chi connectivity index (χ2v) is 4.80. The quantitative estimate of drug-likeness (QED) is 0.632. The molecule has 0 aromatic rings. The summed E-state index contributed by atoms with van der Waals surface area (Å²) in [4.78, 5) is 14.7. The van der Waals surface area contributed by atoms with Gasteiger partial charge in [-0.15, -0.1) is 0 Å². The van der Waals surface area contributed by atoms with Gasteiger partial charge in [0.15, 0.2) is 0 Å². The summed E-state index contributed by atoms with van der Waals surface area (Å²) < 4.78 is 4.72. The minimum atomic E-state index is 0. The topological polar surface area (TPSA) is 32.8 Å². The summed E-state index contributed by atoms with van der Waals surface area (Å²) in [5, 5.41) is 0. The zero-order chi connectivity index (χ0) is 12.1. The molecule has 2 radical (unpaired) electrons. The molecule has 0 saturated carbocycles. The van der Waals surface area contributed by atoms with E-state index in [9.17, 15) is 4.79 Å². The SMILES string of the molecule is [CH2-]N1CC(C(C)=O)C1.[CH2-]OCC1CN(C)C1.[CH3-].[CH3-].[Y].[Y]. The van der Waals surface area contributed by atoms with Gasteiger partial charge < -0.3 is 29.4 Å². The third kappa shape index (κ3) is 11.3. The Hall–Kier alpha value is 1.76. The van der Waals surface area contributed by atoms with Crippen LogP contribution in [0.4, 0.5) is 0 Å². The number of nitrogens with zero attached hydrogens (tertiary/aromatic N) is 2. The first-order valence-corrected chi connectivity index (χ1v) is 5.64. The van der Waals surface area contributed by atoms with Crippen molar-refractivity contribution < 1.29 is 74.9 Å². The van der Waals surface area contributed by atoms with E-state index in [1.807, 2.05) is 4.90 Å². The monoisotopic (exact) mass is 434 g/mol. The van der Waals surface area contributed by atoms with E-state index in [-0.39, 0.29) is 86.2 Å². The van der Waals surface area contributed by atoms with Crippen LogP contribution in [0.2, 0.25) is 0 Å². The number of hydrogen-bond donors (Lipinski definition) is 0. The largest absolute Gasteiger partial charge is 0.555 e. The van der Waals surface area contributed by atoms with E-state index >= 15 is 0 Å². The van der Waals surface area contributed by atoms with Crippen molar-refractivity contribution in [3.63, 3.8) is 0 Å². The molecule has 0 bridgehead atoms. The van der Waals surface area contributed by atoms with Gasteiger partial charge in [-0.25, -0.2) is 7.11 Å². The summed E-state index contributed by atoms with van der Waals surface area (Å²) >= 11 is 0. The van der Waals surface area contributed by atoms with Crippen LogP contribution in [0.3, 0.4) is 0 Å². The van der Waals surface area contributed by atoms with Crippen LogP contribution in [0.15, 0.2) is 0 Å². The molecule has 2 fully saturated rings. The predicted octanol–water partition coefficient (Wildman–Crippen LogP) is 1.55. The second-order valence-electron chi connectivity index (χ2n) is 4.80. The normalized spacial score (nSPS) is 18.4. The molecule has 0 aromatic heterocycles. The number of likely N-dealkylation sites (tertiary alicyclic amines) is 2. The molecule has 0 N–H and O–H groups in total. The summed E-state index contributed by atoms with van der Waals surface area (Å²) in [5.74, 6) is 1.33. The van der Waals surface area contributed by atoms with E-state index in [1.165, 1.54) is 13.1 Å². The zero-order valence-corrected chi connectivity index (χ0v) is 19.1. The zero-order valence-electron chi connectivity index (χ0n) is 13.5. The van der Waals surface area contributed by atoms with Crippen LogP contribution in [0.5, 0.6) is 0 Å². The Morgan fingerprint density at radius 2 is 1.65 bits per heavy atom. The molecule has 20 heavy (non-hydrogen) atoms. The first-order valence-electron chi connectivity index (χ1n) is 5.64. The average Bonchev–Trinajstić information content (AvgIpc) is 2.12. The van der Waals surface area contributed by atoms with Gasteiger partial charge in [0.05, 0.1) is 0 Å². The van der Waals surface area contributed by atoms with Gasteiger partial charge in [0.25, 0.3) is 0 Å². The van der Waals surface area contributed by atoms with Crippen molar-refractivity contribution in [3.05, 3.63) is 29.0 Å². The van der Waals surface area contributed by atoms with Crippen molar-refractivity contribution in [2.75, 3.05) is 39.8 Å². The van der Waals surface area contributed by atoms with Crippen LogP contribution in [0.25, 0.3) is 0 Å². The summed E-state index contributed by atoms with van der Waals surface area (Å²) in [6.07, 6.45) is 0. The van der Waals surface area contributed by atoms with E-state index < -0.39 is 0 Å². The molecule has 0 aliphatic carbocycles. The Labute approximate surface area is 176 Å². The molecule has 2 aliphatic rings. The van der Waals surface area contributed by atoms with Crippen LogP contribution in [0.1, 0.15) is 6.92 Å². The molecule has 0 spiro atoms. The van der Waals surface area contributed by atoms with Gasteiger partial charge in [-0.3, -0.25) is 11.8 Å². The smallest absolute Gasteiger partial charge is 0.135 e. The minimum absolute atomic E-state index is 0. The fourth-order valence-electron chi connectivity index (χ4n) is 1.93. The van der Waals surface area contributed by atoms with E-state index in [0.29, 0.717) is 5.78 Å². The average molecular weight is 434 g/mol. The molecule has 2 heterocycles. The number of hydrogen-bond acceptors (Lipinski definition) is 4. The van der Waals surface area contributed by atoms with E-state index in [1.54, 1.807) is 6.92 Å². The van der Waals surface area contributed by atoms with Gasteiger partial charge in [0, 0.05) is 97.0 Å². The summed E-state index contributed by atoms with van der Waals surface area (Å²) in [7, 11) is 9.08. The van der Waals surface area contributed by atoms with Crippen molar-refractivity contribution in [1.29, 1.82) is 0 Å². The van der Waals surface area contributed by atoms with Crippen LogP contribution < -0.4 is 0 Å². The van der Waals surface area contributed by atoms with Crippen LogP contribution in [-0.4, -0.2) is 55.4 Å². The van der Waals surface area contributed by atoms with Crippen molar-refractivity contribution in [2.24, 2.45) is 11.8 Å². The number of Topliss-reactive ketones (excluding diaryl/α,β-unsaturated/α-hetero) is 1. The maximum absolute atomic E-state index is 10.5. The van der Waals surface area contributed by atoms with Crippen molar-refractivity contribution in [3.8, 4) is 0 Å². The van der Waals surface area contributed by atoms with Gasteiger partial charge in [0.1, 0.15) is 5.78 Å². The Balaban J connectivity index is -0.000000107. The first kappa shape index (κ1) is 29.7. The Kier molecular flexibility index (Phi) is 23.3. The van der Waals surface area contributed by atoms with E-state index in [0.717, 1.165) is 25.6 Å². The van der Waals surface area contributed by atoms with Crippen molar-refractivity contribution in [2.45, 2.75) is 6.92 Å². The van der Waals surface area contributed by atoms with E-state index in [2.05, 4.69) is 26.1 Å².